The normalized spacial score (nSPS) is 10.9. The Morgan fingerprint density at radius 3 is 2.41 bits per heavy atom. The van der Waals surface area contributed by atoms with E-state index in [0.29, 0.717) is 33.9 Å². The number of hydrogen-bond acceptors (Lipinski definition) is 4. The summed E-state index contributed by atoms with van der Waals surface area (Å²) in [6.45, 7) is 0.371. The zero-order valence-electron chi connectivity index (χ0n) is 18.4. The lowest BCUT2D eigenvalue weighted by atomic mass is 10.0. The monoisotopic (exact) mass is 468 g/mol. The molecule has 0 saturated carbocycles. The second kappa shape index (κ2) is 9.37. The van der Waals surface area contributed by atoms with E-state index in [-0.39, 0.29) is 5.91 Å². The molecule has 0 fully saturated rings. The summed E-state index contributed by atoms with van der Waals surface area (Å²) in [4.78, 5) is 18.2. The Kier molecular flexibility index (Phi) is 5.97. The first-order chi connectivity index (χ1) is 16.6. The molecule has 7 heteroatoms. The lowest BCUT2D eigenvalue weighted by Gasteiger charge is -2.10. The molecule has 168 valence electrons. The molecular weight excluding hydrogens is 448 g/mol. The Bertz CT molecular complexity index is 1450. The fourth-order valence-electron chi connectivity index (χ4n) is 3.81. The zero-order chi connectivity index (χ0) is 23.5. The minimum atomic E-state index is -0.212. The number of fused-ring (bicyclic) bond motifs is 1. The molecule has 1 amide bonds. The Morgan fingerprint density at radius 1 is 0.971 bits per heavy atom. The number of pyridine rings is 1. The summed E-state index contributed by atoms with van der Waals surface area (Å²) in [7, 11) is 1.62. The van der Waals surface area contributed by atoms with Gasteiger partial charge in [0.05, 0.1) is 29.4 Å². The molecule has 0 spiro atoms. The van der Waals surface area contributed by atoms with Crippen LogP contribution in [0.4, 0.5) is 0 Å². The minimum Gasteiger partial charge on any atom is -0.497 e. The molecule has 0 unspecified atom stereocenters. The van der Waals surface area contributed by atoms with Gasteiger partial charge in [-0.3, -0.25) is 9.89 Å². The predicted molar refractivity (Wildman–Crippen MR) is 134 cm³/mol. The number of ether oxygens (including phenoxy) is 1. The predicted octanol–water partition coefficient (Wildman–Crippen LogP) is 5.88. The van der Waals surface area contributed by atoms with Gasteiger partial charge in [-0.2, -0.15) is 5.10 Å². The van der Waals surface area contributed by atoms with Crippen LogP contribution in [0.3, 0.4) is 0 Å². The van der Waals surface area contributed by atoms with Crippen molar-refractivity contribution in [3.63, 3.8) is 0 Å². The van der Waals surface area contributed by atoms with Crippen molar-refractivity contribution in [2.75, 3.05) is 7.11 Å². The molecule has 0 atom stereocenters. The molecule has 0 radical (unpaired) electrons. The molecule has 0 aliphatic rings. The highest BCUT2D eigenvalue weighted by Gasteiger charge is 2.20. The number of methoxy groups -OCH3 is 1. The van der Waals surface area contributed by atoms with Gasteiger partial charge in [-0.05, 0) is 48.0 Å². The lowest BCUT2D eigenvalue weighted by molar-refractivity contribution is 0.0952. The summed E-state index contributed by atoms with van der Waals surface area (Å²) in [5.41, 5.74) is 5.11. The van der Waals surface area contributed by atoms with Gasteiger partial charge in [0, 0.05) is 22.7 Å². The highest BCUT2D eigenvalue weighted by Crippen LogP contribution is 2.32. The number of H-pyrrole nitrogens is 1. The molecule has 0 aliphatic carbocycles. The molecule has 34 heavy (non-hydrogen) atoms. The third kappa shape index (κ3) is 4.36. The third-order valence-corrected chi connectivity index (χ3v) is 5.84. The number of aromatic nitrogens is 3. The van der Waals surface area contributed by atoms with E-state index < -0.39 is 0 Å². The molecule has 2 N–H and O–H groups in total. The average Bonchev–Trinajstić information content (AvgIpc) is 3.32. The standard InChI is InChI=1S/C27H21ClN4O2/c1-34-21-13-9-18(10-14-21)23-15-22(27(33)29-16-17-7-11-20(28)12-8-17)24-25(31-32-26(24)30-23)19-5-3-2-4-6-19/h2-15H,16H2,1H3,(H,29,33)(H,30,31,32). The smallest absolute Gasteiger partial charge is 0.252 e. The number of halogens is 1. The molecular formula is C27H21ClN4O2. The first kappa shape index (κ1) is 21.7. The lowest BCUT2D eigenvalue weighted by Crippen LogP contribution is -2.23. The van der Waals surface area contributed by atoms with Crippen LogP contribution >= 0.6 is 11.6 Å². The molecule has 0 aliphatic heterocycles. The second-order valence-corrected chi connectivity index (χ2v) is 8.19. The van der Waals surface area contributed by atoms with Crippen LogP contribution < -0.4 is 10.1 Å². The fraction of sp³-hybridized carbons (Fsp3) is 0.0741. The number of benzene rings is 3. The topological polar surface area (TPSA) is 79.9 Å². The maximum Gasteiger partial charge on any atom is 0.252 e. The largest absolute Gasteiger partial charge is 0.497 e. The van der Waals surface area contributed by atoms with Crippen molar-refractivity contribution in [1.29, 1.82) is 0 Å². The summed E-state index contributed by atoms with van der Waals surface area (Å²) >= 11 is 5.98. The summed E-state index contributed by atoms with van der Waals surface area (Å²) in [6, 6.07) is 26.5. The Balaban J connectivity index is 1.58. The summed E-state index contributed by atoms with van der Waals surface area (Å²) in [5.74, 6) is 0.535. The fourth-order valence-corrected chi connectivity index (χ4v) is 3.93. The number of carbonyl (C=O) groups is 1. The summed E-state index contributed by atoms with van der Waals surface area (Å²) in [5, 5.41) is 11.9. The Labute approximate surface area is 201 Å². The van der Waals surface area contributed by atoms with E-state index in [2.05, 4.69) is 15.5 Å². The first-order valence-electron chi connectivity index (χ1n) is 10.7. The highest BCUT2D eigenvalue weighted by molar-refractivity contribution is 6.30. The molecule has 2 heterocycles. The van der Waals surface area contributed by atoms with E-state index in [0.717, 1.165) is 28.1 Å². The number of hydrogen-bond donors (Lipinski definition) is 2. The number of amides is 1. The van der Waals surface area contributed by atoms with E-state index in [9.17, 15) is 4.79 Å². The number of carbonyl (C=O) groups excluding carboxylic acids is 1. The van der Waals surface area contributed by atoms with Crippen LogP contribution in [0.1, 0.15) is 15.9 Å². The van der Waals surface area contributed by atoms with E-state index in [4.69, 9.17) is 21.3 Å². The van der Waals surface area contributed by atoms with Crippen LogP contribution in [-0.4, -0.2) is 28.2 Å². The van der Waals surface area contributed by atoms with Crippen molar-refractivity contribution < 1.29 is 9.53 Å². The van der Waals surface area contributed by atoms with Crippen LogP contribution in [0.15, 0.2) is 84.9 Å². The van der Waals surface area contributed by atoms with Gasteiger partial charge in [0.15, 0.2) is 5.65 Å². The average molecular weight is 469 g/mol. The van der Waals surface area contributed by atoms with Gasteiger partial charge in [-0.25, -0.2) is 4.98 Å². The van der Waals surface area contributed by atoms with Gasteiger partial charge in [0.1, 0.15) is 5.75 Å². The summed E-state index contributed by atoms with van der Waals surface area (Å²) < 4.78 is 5.26. The molecule has 5 aromatic rings. The van der Waals surface area contributed by atoms with Crippen molar-refractivity contribution in [3.05, 3.63) is 101 Å². The van der Waals surface area contributed by atoms with Crippen LogP contribution in [0.25, 0.3) is 33.5 Å². The van der Waals surface area contributed by atoms with E-state index in [1.165, 1.54) is 0 Å². The van der Waals surface area contributed by atoms with Crippen molar-refractivity contribution in [3.8, 4) is 28.3 Å². The molecule has 2 aromatic heterocycles. The SMILES string of the molecule is COc1ccc(-c2cc(C(=O)NCc3ccc(Cl)cc3)c3c(-c4ccccc4)[nH]nc3n2)cc1. The maximum absolute atomic E-state index is 13.4. The number of rotatable bonds is 6. The van der Waals surface area contributed by atoms with Gasteiger partial charge >= 0.3 is 0 Å². The van der Waals surface area contributed by atoms with Gasteiger partial charge < -0.3 is 10.1 Å². The third-order valence-electron chi connectivity index (χ3n) is 5.58. The molecule has 0 bridgehead atoms. The van der Waals surface area contributed by atoms with Gasteiger partial charge in [-0.1, -0.05) is 54.1 Å². The molecule has 6 nitrogen and oxygen atoms in total. The minimum absolute atomic E-state index is 0.212. The molecule has 3 aromatic carbocycles. The van der Waals surface area contributed by atoms with Crippen molar-refractivity contribution in [1.82, 2.24) is 20.5 Å². The second-order valence-electron chi connectivity index (χ2n) is 7.76. The zero-order valence-corrected chi connectivity index (χ0v) is 19.1. The van der Waals surface area contributed by atoms with Gasteiger partial charge in [-0.15, -0.1) is 0 Å². The Hall–Kier alpha value is -4.16. The Morgan fingerprint density at radius 2 is 1.71 bits per heavy atom. The van der Waals surface area contributed by atoms with Crippen LogP contribution in [0, 0.1) is 0 Å². The number of aromatic amines is 1. The van der Waals surface area contributed by atoms with Crippen LogP contribution in [0.2, 0.25) is 5.02 Å². The quantitative estimate of drug-likeness (QED) is 0.326. The van der Waals surface area contributed by atoms with E-state index in [1.54, 1.807) is 19.2 Å². The van der Waals surface area contributed by atoms with Crippen LogP contribution in [0.5, 0.6) is 5.75 Å². The number of nitrogens with one attached hydrogen (secondary N) is 2. The van der Waals surface area contributed by atoms with Gasteiger partial charge in [0.25, 0.3) is 5.91 Å². The first-order valence-corrected chi connectivity index (χ1v) is 11.1. The van der Waals surface area contributed by atoms with E-state index >= 15 is 0 Å². The van der Waals surface area contributed by atoms with Crippen LogP contribution in [-0.2, 0) is 6.54 Å². The van der Waals surface area contributed by atoms with E-state index in [1.807, 2.05) is 72.8 Å². The molecule has 5 rings (SSSR count). The molecule has 0 saturated heterocycles. The van der Waals surface area contributed by atoms with Crippen molar-refractivity contribution in [2.24, 2.45) is 0 Å². The van der Waals surface area contributed by atoms with Gasteiger partial charge in [0.2, 0.25) is 0 Å². The van der Waals surface area contributed by atoms with Crippen molar-refractivity contribution in [2.45, 2.75) is 6.54 Å². The highest BCUT2D eigenvalue weighted by atomic mass is 35.5. The number of nitrogens with zero attached hydrogens (tertiary/aromatic N) is 2. The van der Waals surface area contributed by atoms with Crippen molar-refractivity contribution >= 4 is 28.5 Å². The summed E-state index contributed by atoms with van der Waals surface area (Å²) in [6.07, 6.45) is 0. The maximum atomic E-state index is 13.4.